The molecule has 1 heterocycles. The molecule has 0 spiro atoms. The van der Waals surface area contributed by atoms with E-state index in [9.17, 15) is 0 Å². The average Bonchev–Trinajstić information content (AvgIpc) is 2.74. The van der Waals surface area contributed by atoms with Gasteiger partial charge in [0.15, 0.2) is 0 Å². The summed E-state index contributed by atoms with van der Waals surface area (Å²) in [6.45, 7) is 5.78. The number of hydrogen-bond donors (Lipinski definition) is 1. The van der Waals surface area contributed by atoms with Crippen molar-refractivity contribution in [1.82, 2.24) is 5.32 Å². The highest BCUT2D eigenvalue weighted by molar-refractivity contribution is 4.98. The molecule has 1 aliphatic carbocycles. The predicted molar refractivity (Wildman–Crippen MR) is 66.4 cm³/mol. The second kappa shape index (κ2) is 5.53. The Hall–Kier alpha value is -0.760. The Morgan fingerprint density at radius 2 is 2.25 bits per heavy atom. The van der Waals surface area contributed by atoms with E-state index in [0.29, 0.717) is 6.04 Å². The molecular weight excluding hydrogens is 198 g/mol. The van der Waals surface area contributed by atoms with Crippen molar-refractivity contribution in [2.75, 3.05) is 6.54 Å². The van der Waals surface area contributed by atoms with E-state index in [1.165, 1.54) is 19.3 Å². The van der Waals surface area contributed by atoms with Gasteiger partial charge in [0.2, 0.25) is 0 Å². The minimum absolute atomic E-state index is 0.714. The topological polar surface area (TPSA) is 25.2 Å². The smallest absolute Gasteiger partial charge is 0.105 e. The monoisotopic (exact) mass is 221 g/mol. The highest BCUT2D eigenvalue weighted by atomic mass is 16.3. The molecular formula is C14H23NO. The van der Waals surface area contributed by atoms with Crippen LogP contribution in [-0.2, 0) is 6.42 Å². The molecule has 1 saturated carbocycles. The van der Waals surface area contributed by atoms with Crippen molar-refractivity contribution in [3.8, 4) is 0 Å². The molecule has 3 unspecified atom stereocenters. The Kier molecular flexibility index (Phi) is 4.05. The van der Waals surface area contributed by atoms with Crippen LogP contribution >= 0.6 is 0 Å². The molecule has 2 rings (SSSR count). The van der Waals surface area contributed by atoms with E-state index in [1.807, 2.05) is 12.1 Å². The first-order valence-electron chi connectivity index (χ1n) is 6.51. The third-order valence-electron chi connectivity index (χ3n) is 3.79. The SMILES string of the molecule is CC1CCC(NCCc2ccco2)C(C)C1. The standard InChI is InChI=1S/C14H23NO/c1-11-5-6-14(12(2)10-11)15-8-7-13-4-3-9-16-13/h3-4,9,11-12,14-15H,5-8,10H2,1-2H3. The molecule has 0 aromatic carbocycles. The van der Waals surface area contributed by atoms with Gasteiger partial charge in [0.25, 0.3) is 0 Å². The van der Waals surface area contributed by atoms with E-state index in [0.717, 1.165) is 30.6 Å². The largest absolute Gasteiger partial charge is 0.469 e. The molecule has 90 valence electrons. The second-order valence-electron chi connectivity index (χ2n) is 5.29. The molecule has 3 atom stereocenters. The summed E-state index contributed by atoms with van der Waals surface area (Å²) >= 11 is 0. The van der Waals surface area contributed by atoms with Crippen LogP contribution in [0.2, 0.25) is 0 Å². The van der Waals surface area contributed by atoms with Crippen molar-refractivity contribution in [2.24, 2.45) is 11.8 Å². The fourth-order valence-corrected chi connectivity index (χ4v) is 2.80. The van der Waals surface area contributed by atoms with Gasteiger partial charge in [-0.05, 0) is 43.2 Å². The van der Waals surface area contributed by atoms with Gasteiger partial charge in [0, 0.05) is 19.0 Å². The predicted octanol–water partition coefficient (Wildman–Crippen LogP) is 3.24. The van der Waals surface area contributed by atoms with Crippen LogP contribution in [0, 0.1) is 11.8 Å². The number of furan rings is 1. The summed E-state index contributed by atoms with van der Waals surface area (Å²) in [6, 6.07) is 4.72. The maximum atomic E-state index is 5.33. The highest BCUT2D eigenvalue weighted by Gasteiger charge is 2.24. The molecule has 0 amide bonds. The number of hydrogen-bond acceptors (Lipinski definition) is 2. The molecule has 0 saturated heterocycles. The Morgan fingerprint density at radius 3 is 2.94 bits per heavy atom. The zero-order chi connectivity index (χ0) is 11.4. The summed E-state index contributed by atoms with van der Waals surface area (Å²) in [5, 5.41) is 3.67. The normalized spacial score (nSPS) is 30.5. The third-order valence-corrected chi connectivity index (χ3v) is 3.79. The maximum Gasteiger partial charge on any atom is 0.105 e. The molecule has 1 aliphatic rings. The first kappa shape index (κ1) is 11.7. The Labute approximate surface area is 98.4 Å². The Morgan fingerprint density at radius 1 is 1.38 bits per heavy atom. The molecule has 2 nitrogen and oxygen atoms in total. The summed E-state index contributed by atoms with van der Waals surface area (Å²) < 4.78 is 5.33. The molecule has 2 heteroatoms. The van der Waals surface area contributed by atoms with Gasteiger partial charge < -0.3 is 9.73 Å². The number of nitrogens with one attached hydrogen (secondary N) is 1. The molecule has 1 fully saturated rings. The average molecular weight is 221 g/mol. The fourth-order valence-electron chi connectivity index (χ4n) is 2.80. The molecule has 1 N–H and O–H groups in total. The lowest BCUT2D eigenvalue weighted by atomic mass is 9.80. The minimum atomic E-state index is 0.714. The van der Waals surface area contributed by atoms with E-state index < -0.39 is 0 Å². The van der Waals surface area contributed by atoms with Crippen molar-refractivity contribution in [1.29, 1.82) is 0 Å². The van der Waals surface area contributed by atoms with Gasteiger partial charge in [-0.25, -0.2) is 0 Å². The van der Waals surface area contributed by atoms with Crippen LogP contribution in [0.4, 0.5) is 0 Å². The molecule has 1 aromatic heterocycles. The van der Waals surface area contributed by atoms with Gasteiger partial charge >= 0.3 is 0 Å². The van der Waals surface area contributed by atoms with Crippen molar-refractivity contribution in [2.45, 2.75) is 45.6 Å². The molecule has 0 bridgehead atoms. The zero-order valence-corrected chi connectivity index (χ0v) is 10.4. The summed E-state index contributed by atoms with van der Waals surface area (Å²) in [5.74, 6) is 2.82. The number of rotatable bonds is 4. The van der Waals surface area contributed by atoms with Gasteiger partial charge in [0.1, 0.15) is 5.76 Å². The van der Waals surface area contributed by atoms with Crippen molar-refractivity contribution in [3.05, 3.63) is 24.2 Å². The van der Waals surface area contributed by atoms with E-state index in [-0.39, 0.29) is 0 Å². The second-order valence-corrected chi connectivity index (χ2v) is 5.29. The van der Waals surface area contributed by atoms with E-state index >= 15 is 0 Å². The fraction of sp³-hybridized carbons (Fsp3) is 0.714. The van der Waals surface area contributed by atoms with Gasteiger partial charge in [-0.1, -0.05) is 13.8 Å². The van der Waals surface area contributed by atoms with Crippen LogP contribution in [0.25, 0.3) is 0 Å². The van der Waals surface area contributed by atoms with Crippen LogP contribution in [-0.4, -0.2) is 12.6 Å². The first-order valence-corrected chi connectivity index (χ1v) is 6.51. The van der Waals surface area contributed by atoms with E-state index in [1.54, 1.807) is 6.26 Å². The summed E-state index contributed by atoms with van der Waals surface area (Å²) in [5.41, 5.74) is 0. The van der Waals surface area contributed by atoms with Crippen molar-refractivity contribution < 1.29 is 4.42 Å². The van der Waals surface area contributed by atoms with Crippen LogP contribution in [0.15, 0.2) is 22.8 Å². The zero-order valence-electron chi connectivity index (χ0n) is 10.4. The van der Waals surface area contributed by atoms with Gasteiger partial charge in [-0.15, -0.1) is 0 Å². The lowest BCUT2D eigenvalue weighted by Gasteiger charge is -2.33. The summed E-state index contributed by atoms with van der Waals surface area (Å²) in [4.78, 5) is 0. The maximum absolute atomic E-state index is 5.33. The quantitative estimate of drug-likeness (QED) is 0.844. The van der Waals surface area contributed by atoms with Crippen LogP contribution < -0.4 is 5.32 Å². The van der Waals surface area contributed by atoms with Gasteiger partial charge in [0.05, 0.1) is 6.26 Å². The first-order chi connectivity index (χ1) is 7.75. The van der Waals surface area contributed by atoms with Crippen molar-refractivity contribution in [3.63, 3.8) is 0 Å². The molecule has 16 heavy (non-hydrogen) atoms. The third kappa shape index (κ3) is 3.11. The van der Waals surface area contributed by atoms with Gasteiger partial charge in [-0.3, -0.25) is 0 Å². The molecule has 1 aromatic rings. The lowest BCUT2D eigenvalue weighted by Crippen LogP contribution is -2.39. The lowest BCUT2D eigenvalue weighted by molar-refractivity contribution is 0.228. The van der Waals surface area contributed by atoms with Crippen LogP contribution in [0.1, 0.15) is 38.9 Å². The summed E-state index contributed by atoms with van der Waals surface area (Å²) in [7, 11) is 0. The highest BCUT2D eigenvalue weighted by Crippen LogP contribution is 2.28. The van der Waals surface area contributed by atoms with E-state index in [4.69, 9.17) is 4.42 Å². The molecule has 0 radical (unpaired) electrons. The van der Waals surface area contributed by atoms with Crippen molar-refractivity contribution >= 4 is 0 Å². The van der Waals surface area contributed by atoms with Crippen LogP contribution in [0.5, 0.6) is 0 Å². The summed E-state index contributed by atoms with van der Waals surface area (Å²) in [6.07, 6.45) is 6.84. The van der Waals surface area contributed by atoms with Crippen LogP contribution in [0.3, 0.4) is 0 Å². The Balaban J connectivity index is 1.69. The molecule has 0 aliphatic heterocycles. The van der Waals surface area contributed by atoms with E-state index in [2.05, 4.69) is 19.2 Å². The minimum Gasteiger partial charge on any atom is -0.469 e. The Bertz CT molecular complexity index is 294. The van der Waals surface area contributed by atoms with Gasteiger partial charge in [-0.2, -0.15) is 0 Å².